The minimum atomic E-state index is -0.333. The monoisotopic (exact) mass is 194 g/mol. The van der Waals surface area contributed by atoms with Crippen molar-refractivity contribution in [1.82, 2.24) is 0 Å². The smallest absolute Gasteiger partial charge is 0.330 e. The predicted molar refractivity (Wildman–Crippen MR) is 52.6 cm³/mol. The molecule has 1 aliphatic rings. The van der Waals surface area contributed by atoms with Crippen molar-refractivity contribution in [2.75, 3.05) is 7.11 Å². The van der Waals surface area contributed by atoms with Crippen molar-refractivity contribution in [2.45, 2.75) is 19.3 Å². The van der Waals surface area contributed by atoms with Crippen LogP contribution in [0.15, 0.2) is 24.3 Å². The summed E-state index contributed by atoms with van der Waals surface area (Å²) in [6.07, 6.45) is 9.03. The first-order valence-corrected chi connectivity index (χ1v) is 4.68. The van der Waals surface area contributed by atoms with Crippen LogP contribution in [0.3, 0.4) is 0 Å². The molecule has 1 unspecified atom stereocenters. The Kier molecular flexibility index (Phi) is 4.11. The molecule has 14 heavy (non-hydrogen) atoms. The number of carbonyl (C=O) groups excluding carboxylic acids is 2. The van der Waals surface area contributed by atoms with Gasteiger partial charge in [0, 0.05) is 12.5 Å². The van der Waals surface area contributed by atoms with E-state index in [1.54, 1.807) is 12.2 Å². The highest BCUT2D eigenvalue weighted by Gasteiger charge is 2.11. The number of ketones is 1. The molecular weight excluding hydrogens is 180 g/mol. The third kappa shape index (κ3) is 3.56. The van der Waals surface area contributed by atoms with Crippen LogP contribution in [0.2, 0.25) is 0 Å². The Bertz CT molecular complexity index is 276. The molecule has 0 saturated heterocycles. The first-order chi connectivity index (χ1) is 6.72. The quantitative estimate of drug-likeness (QED) is 0.506. The Morgan fingerprint density at radius 3 is 3.07 bits per heavy atom. The Morgan fingerprint density at radius 1 is 1.71 bits per heavy atom. The molecule has 0 heterocycles. The number of esters is 1. The highest BCUT2D eigenvalue weighted by Crippen LogP contribution is 2.18. The number of carbonyl (C=O) groups is 2. The molecule has 0 spiro atoms. The van der Waals surface area contributed by atoms with Crippen LogP contribution in [0.5, 0.6) is 0 Å². The Balaban J connectivity index is 2.32. The van der Waals surface area contributed by atoms with E-state index >= 15 is 0 Å². The van der Waals surface area contributed by atoms with Crippen LogP contribution in [0, 0.1) is 5.92 Å². The molecule has 0 N–H and O–H groups in total. The third-order valence-electron chi connectivity index (χ3n) is 2.21. The molecular formula is C11H14O3. The SMILES string of the molecule is COC(=O)/C=C/CC1C=CC(=O)CC1. The lowest BCUT2D eigenvalue weighted by molar-refractivity contribution is -0.134. The second kappa shape index (κ2) is 5.37. The van der Waals surface area contributed by atoms with Crippen LogP contribution in [0.25, 0.3) is 0 Å². The maximum atomic E-state index is 10.9. The molecule has 76 valence electrons. The van der Waals surface area contributed by atoms with Crippen LogP contribution in [-0.4, -0.2) is 18.9 Å². The van der Waals surface area contributed by atoms with E-state index in [4.69, 9.17) is 0 Å². The number of methoxy groups -OCH3 is 1. The molecule has 0 fully saturated rings. The molecule has 0 aromatic rings. The fourth-order valence-electron chi connectivity index (χ4n) is 1.35. The normalized spacial score (nSPS) is 21.5. The Morgan fingerprint density at radius 2 is 2.50 bits per heavy atom. The van der Waals surface area contributed by atoms with E-state index in [2.05, 4.69) is 4.74 Å². The summed E-state index contributed by atoms with van der Waals surface area (Å²) in [4.78, 5) is 21.6. The summed E-state index contributed by atoms with van der Waals surface area (Å²) < 4.78 is 4.46. The molecule has 1 aliphatic carbocycles. The van der Waals surface area contributed by atoms with Crippen LogP contribution >= 0.6 is 0 Å². The fourth-order valence-corrected chi connectivity index (χ4v) is 1.35. The Hall–Kier alpha value is -1.38. The van der Waals surface area contributed by atoms with Crippen molar-refractivity contribution < 1.29 is 14.3 Å². The second-order valence-corrected chi connectivity index (χ2v) is 3.29. The zero-order chi connectivity index (χ0) is 10.4. The van der Waals surface area contributed by atoms with Crippen LogP contribution in [-0.2, 0) is 14.3 Å². The van der Waals surface area contributed by atoms with Gasteiger partial charge in [0.1, 0.15) is 0 Å². The summed E-state index contributed by atoms with van der Waals surface area (Å²) in [6.45, 7) is 0. The molecule has 0 amide bonds. The van der Waals surface area contributed by atoms with E-state index in [-0.39, 0.29) is 11.8 Å². The molecule has 1 rings (SSSR count). The zero-order valence-corrected chi connectivity index (χ0v) is 8.23. The van der Waals surface area contributed by atoms with Crippen molar-refractivity contribution in [1.29, 1.82) is 0 Å². The summed E-state index contributed by atoms with van der Waals surface area (Å²) in [7, 11) is 1.35. The minimum absolute atomic E-state index is 0.193. The van der Waals surface area contributed by atoms with Gasteiger partial charge in [-0.25, -0.2) is 4.79 Å². The van der Waals surface area contributed by atoms with Crippen molar-refractivity contribution >= 4 is 11.8 Å². The summed E-state index contributed by atoms with van der Waals surface area (Å²) in [5, 5.41) is 0. The van der Waals surface area contributed by atoms with E-state index in [9.17, 15) is 9.59 Å². The van der Waals surface area contributed by atoms with Gasteiger partial charge in [0.2, 0.25) is 0 Å². The fraction of sp³-hybridized carbons (Fsp3) is 0.455. The van der Waals surface area contributed by atoms with Gasteiger partial charge in [-0.2, -0.15) is 0 Å². The highest BCUT2D eigenvalue weighted by atomic mass is 16.5. The van der Waals surface area contributed by atoms with Crippen molar-refractivity contribution in [3.05, 3.63) is 24.3 Å². The molecule has 0 saturated carbocycles. The van der Waals surface area contributed by atoms with Crippen molar-refractivity contribution in [3.8, 4) is 0 Å². The largest absolute Gasteiger partial charge is 0.466 e. The first-order valence-electron chi connectivity index (χ1n) is 4.68. The highest BCUT2D eigenvalue weighted by molar-refractivity contribution is 5.90. The molecule has 0 aromatic carbocycles. The summed E-state index contributed by atoms with van der Waals surface area (Å²) in [6, 6.07) is 0. The van der Waals surface area contributed by atoms with Gasteiger partial charge in [0.05, 0.1) is 7.11 Å². The van der Waals surface area contributed by atoms with Gasteiger partial charge in [-0.3, -0.25) is 4.79 Å². The number of ether oxygens (including phenoxy) is 1. The Labute approximate surface area is 83.4 Å². The lowest BCUT2D eigenvalue weighted by Gasteiger charge is -2.12. The standard InChI is InChI=1S/C11H14O3/c1-14-11(13)4-2-3-9-5-7-10(12)8-6-9/h2,4-5,7,9H,3,6,8H2,1H3/b4-2+. The molecule has 0 bridgehead atoms. The third-order valence-corrected chi connectivity index (χ3v) is 2.21. The van der Waals surface area contributed by atoms with Crippen LogP contribution < -0.4 is 0 Å². The van der Waals surface area contributed by atoms with E-state index < -0.39 is 0 Å². The number of hydrogen-bond acceptors (Lipinski definition) is 3. The molecule has 0 aliphatic heterocycles. The topological polar surface area (TPSA) is 43.4 Å². The summed E-state index contributed by atoms with van der Waals surface area (Å²) in [5.74, 6) is 0.243. The van der Waals surface area contributed by atoms with Crippen LogP contribution in [0.1, 0.15) is 19.3 Å². The number of allylic oxidation sites excluding steroid dienone is 3. The number of hydrogen-bond donors (Lipinski definition) is 0. The van der Waals surface area contributed by atoms with Gasteiger partial charge < -0.3 is 4.74 Å². The average Bonchev–Trinajstić information content (AvgIpc) is 2.21. The lowest BCUT2D eigenvalue weighted by Crippen LogP contribution is -2.06. The van der Waals surface area contributed by atoms with Gasteiger partial charge in [-0.15, -0.1) is 0 Å². The van der Waals surface area contributed by atoms with Gasteiger partial charge in [-0.05, 0) is 24.8 Å². The van der Waals surface area contributed by atoms with Gasteiger partial charge in [0.15, 0.2) is 5.78 Å². The number of rotatable bonds is 3. The van der Waals surface area contributed by atoms with Crippen molar-refractivity contribution in [2.24, 2.45) is 5.92 Å². The van der Waals surface area contributed by atoms with E-state index in [1.165, 1.54) is 13.2 Å². The van der Waals surface area contributed by atoms with E-state index in [1.807, 2.05) is 6.08 Å². The van der Waals surface area contributed by atoms with E-state index in [0.29, 0.717) is 12.3 Å². The van der Waals surface area contributed by atoms with Gasteiger partial charge in [0.25, 0.3) is 0 Å². The molecule has 1 atom stereocenters. The molecule has 3 nitrogen and oxygen atoms in total. The predicted octanol–water partition coefficient (Wildman–Crippen LogP) is 1.64. The lowest BCUT2D eigenvalue weighted by atomic mass is 9.92. The molecule has 3 heteroatoms. The maximum absolute atomic E-state index is 10.9. The van der Waals surface area contributed by atoms with Crippen LogP contribution in [0.4, 0.5) is 0 Å². The van der Waals surface area contributed by atoms with Gasteiger partial charge in [-0.1, -0.05) is 12.2 Å². The average molecular weight is 194 g/mol. The second-order valence-electron chi connectivity index (χ2n) is 3.29. The van der Waals surface area contributed by atoms with E-state index in [0.717, 1.165) is 12.8 Å². The molecule has 0 aromatic heterocycles. The zero-order valence-electron chi connectivity index (χ0n) is 8.23. The van der Waals surface area contributed by atoms with Gasteiger partial charge >= 0.3 is 5.97 Å². The first kappa shape index (κ1) is 10.7. The molecule has 0 radical (unpaired) electrons. The van der Waals surface area contributed by atoms with Crippen molar-refractivity contribution in [3.63, 3.8) is 0 Å². The maximum Gasteiger partial charge on any atom is 0.330 e. The minimum Gasteiger partial charge on any atom is -0.466 e. The summed E-state index contributed by atoms with van der Waals surface area (Å²) >= 11 is 0. The summed E-state index contributed by atoms with van der Waals surface area (Å²) in [5.41, 5.74) is 0.